The molecule has 1 heterocycles. The predicted octanol–water partition coefficient (Wildman–Crippen LogP) is 2.35. The monoisotopic (exact) mass is 262 g/mol. The molecule has 2 rings (SSSR count). The molecule has 2 amide bonds. The van der Waals surface area contributed by atoms with Gasteiger partial charge in [0.2, 0.25) is 0 Å². The molecule has 1 aromatic carbocycles. The molecule has 1 aromatic rings. The quantitative estimate of drug-likeness (QED) is 0.846. The summed E-state index contributed by atoms with van der Waals surface area (Å²) in [4.78, 5) is 14.2. The summed E-state index contributed by atoms with van der Waals surface area (Å²) in [6, 6.07) is 8.62. The maximum Gasteiger partial charge on any atom is 0.318 e. The Morgan fingerprint density at radius 3 is 3.00 bits per heavy atom. The number of urea groups is 1. The van der Waals surface area contributed by atoms with Gasteiger partial charge in [0, 0.05) is 20.2 Å². The van der Waals surface area contributed by atoms with E-state index in [1.54, 1.807) is 7.11 Å². The van der Waals surface area contributed by atoms with E-state index in [0.29, 0.717) is 13.2 Å². The molecule has 0 unspecified atom stereocenters. The fourth-order valence-corrected chi connectivity index (χ4v) is 2.70. The summed E-state index contributed by atoms with van der Waals surface area (Å²) >= 11 is 0. The van der Waals surface area contributed by atoms with E-state index in [-0.39, 0.29) is 12.1 Å². The van der Waals surface area contributed by atoms with Gasteiger partial charge in [0.05, 0.1) is 12.6 Å². The van der Waals surface area contributed by atoms with Crippen molar-refractivity contribution in [2.24, 2.45) is 0 Å². The van der Waals surface area contributed by atoms with E-state index in [1.807, 2.05) is 11.0 Å². The largest absolute Gasteiger partial charge is 0.383 e. The second-order valence-electron chi connectivity index (χ2n) is 4.79. The number of carbonyl (C=O) groups is 1. The number of hydrogen-bond donors (Lipinski definition) is 1. The molecule has 0 saturated carbocycles. The number of benzene rings is 1. The number of ether oxygens (including phenoxy) is 1. The number of hydrogen-bond acceptors (Lipinski definition) is 2. The van der Waals surface area contributed by atoms with Crippen molar-refractivity contribution >= 4 is 6.03 Å². The number of rotatable bonds is 4. The normalized spacial score (nSPS) is 18.0. The fourth-order valence-electron chi connectivity index (χ4n) is 2.70. The third kappa shape index (κ3) is 3.07. The summed E-state index contributed by atoms with van der Waals surface area (Å²) in [6.07, 6.45) is 1.87. The zero-order chi connectivity index (χ0) is 13.7. The summed E-state index contributed by atoms with van der Waals surface area (Å²) in [7, 11) is 1.64. The lowest BCUT2D eigenvalue weighted by Gasteiger charge is -2.36. The third-order valence-corrected chi connectivity index (χ3v) is 3.64. The Kier molecular flexibility index (Phi) is 4.80. The molecule has 4 nitrogen and oxygen atoms in total. The third-order valence-electron chi connectivity index (χ3n) is 3.64. The van der Waals surface area contributed by atoms with E-state index in [1.165, 1.54) is 11.1 Å². The van der Waals surface area contributed by atoms with Crippen LogP contribution in [0.3, 0.4) is 0 Å². The van der Waals surface area contributed by atoms with Gasteiger partial charge in [-0.3, -0.25) is 0 Å². The molecule has 0 fully saturated rings. The van der Waals surface area contributed by atoms with Gasteiger partial charge >= 0.3 is 6.03 Å². The van der Waals surface area contributed by atoms with Crippen molar-refractivity contribution in [2.45, 2.75) is 25.8 Å². The van der Waals surface area contributed by atoms with Gasteiger partial charge < -0.3 is 15.0 Å². The highest BCUT2D eigenvalue weighted by Gasteiger charge is 2.28. The topological polar surface area (TPSA) is 41.6 Å². The summed E-state index contributed by atoms with van der Waals surface area (Å²) in [6.45, 7) is 4.02. The molecule has 19 heavy (non-hydrogen) atoms. The molecule has 104 valence electrons. The molecular weight excluding hydrogens is 240 g/mol. The van der Waals surface area contributed by atoms with Gasteiger partial charge in [0.25, 0.3) is 0 Å². The standard InChI is InChI=1S/C15H22N2O2/c1-3-14-13-7-5-4-6-12(13)8-10-17(14)15(18)16-9-11-19-2/h4-7,14H,3,8-11H2,1-2H3,(H,16,18)/t14-/m0/s1. The number of nitrogens with one attached hydrogen (secondary N) is 1. The molecule has 1 N–H and O–H groups in total. The number of nitrogens with zero attached hydrogens (tertiary/aromatic N) is 1. The van der Waals surface area contributed by atoms with Crippen molar-refractivity contribution in [1.29, 1.82) is 0 Å². The van der Waals surface area contributed by atoms with Crippen molar-refractivity contribution in [3.8, 4) is 0 Å². The molecule has 1 aliphatic heterocycles. The van der Waals surface area contributed by atoms with E-state index in [0.717, 1.165) is 19.4 Å². The summed E-state index contributed by atoms with van der Waals surface area (Å²) in [5.41, 5.74) is 2.66. The molecule has 0 saturated heterocycles. The van der Waals surface area contributed by atoms with Crippen LogP contribution >= 0.6 is 0 Å². The Hall–Kier alpha value is -1.55. The van der Waals surface area contributed by atoms with Crippen LogP contribution in [0.4, 0.5) is 4.79 Å². The molecule has 1 aliphatic rings. The van der Waals surface area contributed by atoms with Crippen molar-refractivity contribution < 1.29 is 9.53 Å². The van der Waals surface area contributed by atoms with Gasteiger partial charge in [0.1, 0.15) is 0 Å². The van der Waals surface area contributed by atoms with Crippen LogP contribution < -0.4 is 5.32 Å². The zero-order valence-electron chi connectivity index (χ0n) is 11.7. The van der Waals surface area contributed by atoms with Crippen molar-refractivity contribution in [3.05, 3.63) is 35.4 Å². The van der Waals surface area contributed by atoms with Gasteiger partial charge in [-0.05, 0) is 24.0 Å². The number of carbonyl (C=O) groups excluding carboxylic acids is 1. The maximum atomic E-state index is 12.2. The first-order valence-electron chi connectivity index (χ1n) is 6.89. The molecule has 0 aromatic heterocycles. The molecule has 4 heteroatoms. The van der Waals surface area contributed by atoms with Crippen LogP contribution in [-0.4, -0.2) is 37.7 Å². The SMILES string of the molecule is CC[C@H]1c2ccccc2CCN1C(=O)NCCOC. The van der Waals surface area contributed by atoms with Crippen LogP contribution in [0.5, 0.6) is 0 Å². The van der Waals surface area contributed by atoms with Gasteiger partial charge in [-0.1, -0.05) is 31.2 Å². The van der Waals surface area contributed by atoms with E-state index in [4.69, 9.17) is 4.74 Å². The van der Waals surface area contributed by atoms with Crippen LogP contribution in [0.2, 0.25) is 0 Å². The second-order valence-corrected chi connectivity index (χ2v) is 4.79. The minimum absolute atomic E-state index is 0.0124. The molecule has 0 radical (unpaired) electrons. The van der Waals surface area contributed by atoms with Gasteiger partial charge in [-0.2, -0.15) is 0 Å². The first-order chi connectivity index (χ1) is 9.27. The van der Waals surface area contributed by atoms with Gasteiger partial charge in [0.15, 0.2) is 0 Å². The lowest BCUT2D eigenvalue weighted by atomic mass is 9.91. The molecule has 1 atom stereocenters. The van der Waals surface area contributed by atoms with E-state index >= 15 is 0 Å². The summed E-state index contributed by atoms with van der Waals surface area (Å²) < 4.78 is 4.96. The fraction of sp³-hybridized carbons (Fsp3) is 0.533. The number of fused-ring (bicyclic) bond motifs is 1. The Morgan fingerprint density at radius 1 is 1.47 bits per heavy atom. The lowest BCUT2D eigenvalue weighted by Crippen LogP contribution is -2.46. The first kappa shape index (κ1) is 13.9. The van der Waals surface area contributed by atoms with Crippen molar-refractivity contribution in [1.82, 2.24) is 10.2 Å². The van der Waals surface area contributed by atoms with Crippen LogP contribution in [0.1, 0.15) is 30.5 Å². The zero-order valence-corrected chi connectivity index (χ0v) is 11.7. The lowest BCUT2D eigenvalue weighted by molar-refractivity contribution is 0.158. The molecular formula is C15H22N2O2. The Balaban J connectivity index is 2.09. The average molecular weight is 262 g/mol. The average Bonchev–Trinajstić information content (AvgIpc) is 2.46. The summed E-state index contributed by atoms with van der Waals surface area (Å²) in [5, 5.41) is 2.91. The van der Waals surface area contributed by atoms with Crippen molar-refractivity contribution in [2.75, 3.05) is 26.8 Å². The predicted molar refractivity (Wildman–Crippen MR) is 75.2 cm³/mol. The highest BCUT2D eigenvalue weighted by Crippen LogP contribution is 2.31. The van der Waals surface area contributed by atoms with E-state index in [9.17, 15) is 4.79 Å². The van der Waals surface area contributed by atoms with Crippen molar-refractivity contribution in [3.63, 3.8) is 0 Å². The molecule has 0 spiro atoms. The smallest absolute Gasteiger partial charge is 0.318 e. The highest BCUT2D eigenvalue weighted by atomic mass is 16.5. The maximum absolute atomic E-state index is 12.2. The Labute approximate surface area is 114 Å². The molecule has 0 aliphatic carbocycles. The highest BCUT2D eigenvalue weighted by molar-refractivity contribution is 5.75. The Bertz CT molecular complexity index is 434. The summed E-state index contributed by atoms with van der Waals surface area (Å²) in [5.74, 6) is 0. The second kappa shape index (κ2) is 6.57. The van der Waals surface area contributed by atoms with E-state index < -0.39 is 0 Å². The number of amides is 2. The Morgan fingerprint density at radius 2 is 2.26 bits per heavy atom. The number of methoxy groups -OCH3 is 1. The van der Waals surface area contributed by atoms with Crippen LogP contribution in [-0.2, 0) is 11.2 Å². The molecule has 0 bridgehead atoms. The minimum Gasteiger partial charge on any atom is -0.383 e. The van der Waals surface area contributed by atoms with Crippen LogP contribution in [0.25, 0.3) is 0 Å². The van der Waals surface area contributed by atoms with Crippen LogP contribution in [0.15, 0.2) is 24.3 Å². The minimum atomic E-state index is 0.0124. The van der Waals surface area contributed by atoms with E-state index in [2.05, 4.69) is 30.4 Å². The van der Waals surface area contributed by atoms with Gasteiger partial charge in [-0.15, -0.1) is 0 Å². The van der Waals surface area contributed by atoms with Crippen LogP contribution in [0, 0.1) is 0 Å². The first-order valence-corrected chi connectivity index (χ1v) is 6.89. The van der Waals surface area contributed by atoms with Gasteiger partial charge in [-0.25, -0.2) is 4.79 Å².